The number of thioether (sulfide) groups is 1. The summed E-state index contributed by atoms with van der Waals surface area (Å²) in [4.78, 5) is 28.9. The molecule has 3 aromatic rings. The SMILES string of the molecule is Cc1ccc(C#N)c(SC(C)C(=O)Nc2cc(=O)n(-c3ccccc3)[nH]2)n1. The fourth-order valence-electron chi connectivity index (χ4n) is 2.39. The predicted molar refractivity (Wildman–Crippen MR) is 104 cm³/mol. The standard InChI is InChI=1S/C19H17N5O2S/c1-12-8-9-14(11-20)19(21-12)27-13(2)18(26)22-16-10-17(25)24(23-16)15-6-4-3-5-7-15/h3-10,13,23H,1-2H3,(H,22,26). The normalized spacial score (nSPS) is 11.6. The average Bonchev–Trinajstić information content (AvgIpc) is 3.02. The largest absolute Gasteiger partial charge is 0.310 e. The van der Waals surface area contributed by atoms with Gasteiger partial charge in [-0.05, 0) is 38.1 Å². The lowest BCUT2D eigenvalue weighted by atomic mass is 10.3. The molecule has 0 spiro atoms. The fraction of sp³-hybridized carbons (Fsp3) is 0.158. The number of nitrogens with one attached hydrogen (secondary N) is 2. The van der Waals surface area contributed by atoms with Crippen molar-refractivity contribution in [2.75, 3.05) is 5.32 Å². The Kier molecular flexibility index (Phi) is 5.43. The van der Waals surface area contributed by atoms with Gasteiger partial charge in [0.2, 0.25) is 5.91 Å². The zero-order valence-corrected chi connectivity index (χ0v) is 15.6. The minimum atomic E-state index is -0.505. The Balaban J connectivity index is 1.74. The second-order valence-corrected chi connectivity index (χ2v) is 7.18. The van der Waals surface area contributed by atoms with Gasteiger partial charge in [-0.3, -0.25) is 14.7 Å². The minimum Gasteiger partial charge on any atom is -0.310 e. The van der Waals surface area contributed by atoms with Crippen molar-refractivity contribution in [3.05, 3.63) is 70.1 Å². The van der Waals surface area contributed by atoms with E-state index in [1.54, 1.807) is 31.2 Å². The lowest BCUT2D eigenvalue weighted by molar-refractivity contribution is -0.115. The molecule has 3 rings (SSSR count). The summed E-state index contributed by atoms with van der Waals surface area (Å²) in [5.41, 5.74) is 1.60. The number of benzene rings is 1. The van der Waals surface area contributed by atoms with Crippen LogP contribution in [-0.2, 0) is 4.79 Å². The first-order valence-corrected chi connectivity index (χ1v) is 9.08. The fourth-order valence-corrected chi connectivity index (χ4v) is 3.33. The first-order valence-electron chi connectivity index (χ1n) is 8.20. The van der Waals surface area contributed by atoms with Gasteiger partial charge < -0.3 is 5.32 Å². The molecular weight excluding hydrogens is 362 g/mol. The predicted octanol–water partition coefficient (Wildman–Crippen LogP) is 2.86. The minimum absolute atomic E-state index is 0.274. The highest BCUT2D eigenvalue weighted by molar-refractivity contribution is 8.00. The summed E-state index contributed by atoms with van der Waals surface area (Å²) < 4.78 is 1.35. The lowest BCUT2D eigenvalue weighted by Gasteiger charge is -2.11. The number of hydrogen-bond acceptors (Lipinski definition) is 5. The molecule has 2 heterocycles. The van der Waals surface area contributed by atoms with Gasteiger partial charge in [-0.25, -0.2) is 9.67 Å². The van der Waals surface area contributed by atoms with E-state index in [2.05, 4.69) is 21.5 Å². The number of amides is 1. The number of pyridine rings is 1. The average molecular weight is 379 g/mol. The number of para-hydroxylation sites is 1. The van der Waals surface area contributed by atoms with E-state index in [1.165, 1.54) is 22.5 Å². The first kappa shape index (κ1) is 18.5. The zero-order valence-electron chi connectivity index (χ0n) is 14.8. The van der Waals surface area contributed by atoms with Crippen LogP contribution >= 0.6 is 11.8 Å². The van der Waals surface area contributed by atoms with Crippen LogP contribution in [0.5, 0.6) is 0 Å². The van der Waals surface area contributed by atoms with E-state index in [1.807, 2.05) is 25.1 Å². The maximum atomic E-state index is 12.5. The molecular formula is C19H17N5O2S. The molecule has 136 valence electrons. The topological polar surface area (TPSA) is 104 Å². The van der Waals surface area contributed by atoms with E-state index in [4.69, 9.17) is 0 Å². The number of nitrogens with zero attached hydrogens (tertiary/aromatic N) is 3. The van der Waals surface area contributed by atoms with Crippen LogP contribution in [0.3, 0.4) is 0 Å². The molecule has 7 nitrogen and oxygen atoms in total. The number of carbonyl (C=O) groups is 1. The third-order valence-corrected chi connectivity index (χ3v) is 4.87. The Morgan fingerprint density at radius 1 is 1.30 bits per heavy atom. The van der Waals surface area contributed by atoms with Gasteiger partial charge in [0.15, 0.2) is 0 Å². The van der Waals surface area contributed by atoms with Gasteiger partial charge >= 0.3 is 0 Å². The summed E-state index contributed by atoms with van der Waals surface area (Å²) in [6.45, 7) is 3.55. The van der Waals surface area contributed by atoms with E-state index in [0.29, 0.717) is 22.1 Å². The molecule has 27 heavy (non-hydrogen) atoms. The highest BCUT2D eigenvalue weighted by atomic mass is 32.2. The number of carbonyl (C=O) groups excluding carboxylic acids is 1. The molecule has 0 aliphatic heterocycles. The third kappa shape index (κ3) is 4.27. The quantitative estimate of drug-likeness (QED) is 0.664. The van der Waals surface area contributed by atoms with Crippen LogP contribution < -0.4 is 10.9 Å². The molecule has 8 heteroatoms. The first-order chi connectivity index (χ1) is 13.0. The van der Waals surface area contributed by atoms with E-state index < -0.39 is 5.25 Å². The monoisotopic (exact) mass is 379 g/mol. The van der Waals surface area contributed by atoms with Gasteiger partial charge in [0.1, 0.15) is 16.9 Å². The summed E-state index contributed by atoms with van der Waals surface area (Å²) in [5, 5.41) is 14.8. The van der Waals surface area contributed by atoms with Gasteiger partial charge in [-0.15, -0.1) is 0 Å². The van der Waals surface area contributed by atoms with Crippen molar-refractivity contribution < 1.29 is 4.79 Å². The molecule has 0 aliphatic carbocycles. The van der Waals surface area contributed by atoms with Crippen molar-refractivity contribution in [1.82, 2.24) is 14.8 Å². The Morgan fingerprint density at radius 2 is 2.04 bits per heavy atom. The Morgan fingerprint density at radius 3 is 2.74 bits per heavy atom. The molecule has 2 N–H and O–H groups in total. The van der Waals surface area contributed by atoms with E-state index in [-0.39, 0.29) is 11.5 Å². The molecule has 1 atom stereocenters. The number of rotatable bonds is 5. The van der Waals surface area contributed by atoms with Gasteiger partial charge in [0.05, 0.1) is 16.5 Å². The molecule has 2 aromatic heterocycles. The summed E-state index contributed by atoms with van der Waals surface area (Å²) in [5.74, 6) is 0.00710. The maximum absolute atomic E-state index is 12.5. The number of H-pyrrole nitrogens is 1. The van der Waals surface area contributed by atoms with Crippen LogP contribution in [0, 0.1) is 18.3 Å². The molecule has 0 saturated heterocycles. The molecule has 0 bridgehead atoms. The number of anilines is 1. The van der Waals surface area contributed by atoms with Crippen LogP contribution in [-0.4, -0.2) is 25.9 Å². The Labute approximate surface area is 160 Å². The van der Waals surface area contributed by atoms with E-state index in [0.717, 1.165) is 5.69 Å². The van der Waals surface area contributed by atoms with Crippen molar-refractivity contribution in [2.24, 2.45) is 0 Å². The van der Waals surface area contributed by atoms with Gasteiger partial charge in [-0.1, -0.05) is 30.0 Å². The maximum Gasteiger partial charge on any atom is 0.273 e. The van der Waals surface area contributed by atoms with E-state index in [9.17, 15) is 14.9 Å². The lowest BCUT2D eigenvalue weighted by Crippen LogP contribution is -2.23. The number of hydrogen-bond donors (Lipinski definition) is 2. The Bertz CT molecular complexity index is 1070. The van der Waals surface area contributed by atoms with Gasteiger partial charge in [0, 0.05) is 11.8 Å². The number of aromatic nitrogens is 3. The van der Waals surface area contributed by atoms with Crippen LogP contribution in [0.25, 0.3) is 5.69 Å². The van der Waals surface area contributed by atoms with Crippen molar-refractivity contribution in [3.8, 4) is 11.8 Å². The second kappa shape index (κ2) is 7.93. The Hall–Kier alpha value is -3.31. The molecule has 0 aliphatic rings. The summed E-state index contributed by atoms with van der Waals surface area (Å²) in [7, 11) is 0. The van der Waals surface area contributed by atoms with Crippen molar-refractivity contribution >= 4 is 23.5 Å². The van der Waals surface area contributed by atoms with Crippen LogP contribution in [0.15, 0.2) is 58.4 Å². The molecule has 1 amide bonds. The third-order valence-electron chi connectivity index (χ3n) is 3.77. The highest BCUT2D eigenvalue weighted by Crippen LogP contribution is 2.25. The highest BCUT2D eigenvalue weighted by Gasteiger charge is 2.19. The number of nitriles is 1. The zero-order chi connectivity index (χ0) is 19.4. The van der Waals surface area contributed by atoms with Crippen molar-refractivity contribution in [3.63, 3.8) is 0 Å². The summed E-state index contributed by atoms with van der Waals surface area (Å²) in [6, 6.07) is 15.9. The van der Waals surface area contributed by atoms with Crippen LogP contribution in [0.2, 0.25) is 0 Å². The van der Waals surface area contributed by atoms with Crippen LogP contribution in [0.4, 0.5) is 5.82 Å². The second-order valence-electron chi connectivity index (χ2n) is 5.85. The molecule has 1 unspecified atom stereocenters. The molecule has 0 radical (unpaired) electrons. The van der Waals surface area contributed by atoms with Crippen LogP contribution in [0.1, 0.15) is 18.2 Å². The van der Waals surface area contributed by atoms with Crippen molar-refractivity contribution in [2.45, 2.75) is 24.1 Å². The number of aryl methyl sites for hydroxylation is 1. The van der Waals surface area contributed by atoms with Gasteiger partial charge in [0.25, 0.3) is 5.56 Å². The van der Waals surface area contributed by atoms with Gasteiger partial charge in [-0.2, -0.15) is 5.26 Å². The smallest absolute Gasteiger partial charge is 0.273 e. The van der Waals surface area contributed by atoms with Crippen molar-refractivity contribution in [1.29, 1.82) is 5.26 Å². The summed E-state index contributed by atoms with van der Waals surface area (Å²) in [6.07, 6.45) is 0. The molecule has 0 fully saturated rings. The molecule has 1 aromatic carbocycles. The van der Waals surface area contributed by atoms with E-state index >= 15 is 0 Å². The number of aromatic amines is 1. The molecule has 0 saturated carbocycles. The summed E-state index contributed by atoms with van der Waals surface area (Å²) >= 11 is 1.20.